The quantitative estimate of drug-likeness (QED) is 0.283. The Bertz CT molecular complexity index is 756. The smallest absolute Gasteiger partial charge is 0.335 e. The second-order valence-electron chi connectivity index (χ2n) is 7.13. The first-order valence-corrected chi connectivity index (χ1v) is 9.98. The number of aliphatic hydroxyl groups excluding tert-OH is 3. The Labute approximate surface area is 179 Å². The van der Waals surface area contributed by atoms with Gasteiger partial charge in [-0.05, 0) is 30.7 Å². The summed E-state index contributed by atoms with van der Waals surface area (Å²) >= 11 is 0. The predicted octanol–water partition coefficient (Wildman–Crippen LogP) is -0.407. The van der Waals surface area contributed by atoms with E-state index in [0.29, 0.717) is 12.1 Å². The highest BCUT2D eigenvalue weighted by Crippen LogP contribution is 2.25. The summed E-state index contributed by atoms with van der Waals surface area (Å²) in [6.07, 6.45) is -6.26. The molecule has 0 saturated carbocycles. The lowest BCUT2D eigenvalue weighted by Gasteiger charge is -2.38. The van der Waals surface area contributed by atoms with Crippen LogP contribution < -0.4 is 15.4 Å². The van der Waals surface area contributed by atoms with Crippen molar-refractivity contribution in [3.8, 4) is 5.75 Å². The summed E-state index contributed by atoms with van der Waals surface area (Å²) < 4.78 is 10.4. The summed E-state index contributed by atoms with van der Waals surface area (Å²) in [4.78, 5) is 34.6. The zero-order valence-electron chi connectivity index (χ0n) is 17.1. The zero-order chi connectivity index (χ0) is 23.0. The van der Waals surface area contributed by atoms with Gasteiger partial charge in [0.05, 0.1) is 0 Å². The molecule has 0 aromatic heterocycles. The Morgan fingerprint density at radius 3 is 2.29 bits per heavy atom. The molecule has 172 valence electrons. The lowest BCUT2D eigenvalue weighted by Crippen LogP contribution is -2.61. The highest BCUT2D eigenvalue weighted by atomic mass is 16.7. The molecule has 11 heteroatoms. The van der Waals surface area contributed by atoms with Crippen LogP contribution in [0.5, 0.6) is 5.75 Å². The van der Waals surface area contributed by atoms with Crippen LogP contribution in [-0.2, 0) is 19.1 Å². The van der Waals surface area contributed by atoms with Crippen LogP contribution in [0, 0.1) is 0 Å². The molecule has 1 aliphatic rings. The standard InChI is InChI=1S/C20H28N2O9/c1-2-3-4-13(23)21-10-9-14(24)22-11-5-7-12(8-6-11)30-20-17(27)15(25)16(26)18(31-20)19(28)29/h5-8,15-18,20,25-27H,2-4,9-10H2,1H3,(H,21,23)(H,22,24)(H,28,29). The fraction of sp³-hybridized carbons (Fsp3) is 0.550. The van der Waals surface area contributed by atoms with Crippen molar-refractivity contribution in [2.45, 2.75) is 63.3 Å². The van der Waals surface area contributed by atoms with Gasteiger partial charge in [-0.1, -0.05) is 13.3 Å². The van der Waals surface area contributed by atoms with Gasteiger partial charge < -0.3 is 40.5 Å². The lowest BCUT2D eigenvalue weighted by molar-refractivity contribution is -0.271. The molecule has 0 aliphatic carbocycles. The van der Waals surface area contributed by atoms with Crippen molar-refractivity contribution < 1.29 is 44.3 Å². The summed E-state index contributed by atoms with van der Waals surface area (Å²) in [7, 11) is 0. The molecule has 1 aliphatic heterocycles. The van der Waals surface area contributed by atoms with Gasteiger partial charge >= 0.3 is 5.97 Å². The Morgan fingerprint density at radius 2 is 1.68 bits per heavy atom. The van der Waals surface area contributed by atoms with Crippen LogP contribution in [-0.4, -0.2) is 75.5 Å². The van der Waals surface area contributed by atoms with Crippen molar-refractivity contribution in [1.82, 2.24) is 5.32 Å². The van der Waals surface area contributed by atoms with Crippen LogP contribution in [0.25, 0.3) is 0 Å². The van der Waals surface area contributed by atoms with Gasteiger partial charge in [-0.25, -0.2) is 4.79 Å². The molecule has 0 bridgehead atoms. The van der Waals surface area contributed by atoms with E-state index < -0.39 is 36.7 Å². The molecule has 0 radical (unpaired) electrons. The van der Waals surface area contributed by atoms with Gasteiger partial charge in [-0.15, -0.1) is 0 Å². The van der Waals surface area contributed by atoms with E-state index in [1.807, 2.05) is 6.92 Å². The van der Waals surface area contributed by atoms with Gasteiger partial charge in [-0.3, -0.25) is 9.59 Å². The van der Waals surface area contributed by atoms with E-state index >= 15 is 0 Å². The minimum atomic E-state index is -1.80. The minimum Gasteiger partial charge on any atom is -0.479 e. The molecule has 5 unspecified atom stereocenters. The number of carboxylic acids is 1. The van der Waals surface area contributed by atoms with Crippen molar-refractivity contribution in [1.29, 1.82) is 0 Å². The van der Waals surface area contributed by atoms with E-state index in [-0.39, 0.29) is 30.5 Å². The Balaban J connectivity index is 1.84. The number of benzene rings is 1. The molecule has 31 heavy (non-hydrogen) atoms. The van der Waals surface area contributed by atoms with E-state index in [1.54, 1.807) is 0 Å². The van der Waals surface area contributed by atoms with Crippen LogP contribution in [0.2, 0.25) is 0 Å². The van der Waals surface area contributed by atoms with Gasteiger partial charge in [-0.2, -0.15) is 0 Å². The summed E-state index contributed by atoms with van der Waals surface area (Å²) in [6, 6.07) is 5.93. The average Bonchev–Trinajstić information content (AvgIpc) is 2.73. The number of aliphatic carboxylic acids is 1. The van der Waals surface area contributed by atoms with E-state index in [1.165, 1.54) is 24.3 Å². The molecule has 5 atom stereocenters. The summed E-state index contributed by atoms with van der Waals surface area (Å²) in [5, 5.41) is 43.8. The van der Waals surface area contributed by atoms with E-state index in [4.69, 9.17) is 14.6 Å². The zero-order valence-corrected chi connectivity index (χ0v) is 17.1. The van der Waals surface area contributed by atoms with Crippen molar-refractivity contribution in [2.24, 2.45) is 0 Å². The number of hydrogen-bond donors (Lipinski definition) is 6. The third kappa shape index (κ3) is 7.17. The molecule has 1 aromatic rings. The monoisotopic (exact) mass is 440 g/mol. The number of aliphatic hydroxyl groups is 3. The maximum absolute atomic E-state index is 12.0. The number of carbonyl (C=O) groups excluding carboxylic acids is 2. The van der Waals surface area contributed by atoms with E-state index in [2.05, 4.69) is 10.6 Å². The Kier molecular flexibility index (Phi) is 9.19. The van der Waals surface area contributed by atoms with Crippen LogP contribution in [0.1, 0.15) is 32.6 Å². The molecule has 1 saturated heterocycles. The topological polar surface area (TPSA) is 175 Å². The molecule has 6 N–H and O–H groups in total. The van der Waals surface area contributed by atoms with E-state index in [0.717, 1.165) is 12.8 Å². The first kappa shape index (κ1) is 24.5. The van der Waals surface area contributed by atoms with Gasteiger partial charge in [0.25, 0.3) is 0 Å². The number of carboxylic acid groups (broad SMARTS) is 1. The number of ether oxygens (including phenoxy) is 2. The number of carbonyl (C=O) groups is 3. The van der Waals surface area contributed by atoms with Gasteiger partial charge in [0.15, 0.2) is 6.10 Å². The van der Waals surface area contributed by atoms with Gasteiger partial charge in [0.2, 0.25) is 18.1 Å². The summed E-state index contributed by atoms with van der Waals surface area (Å²) in [5.74, 6) is -1.72. The summed E-state index contributed by atoms with van der Waals surface area (Å²) in [6.45, 7) is 2.22. The lowest BCUT2D eigenvalue weighted by atomic mass is 9.99. The second kappa shape index (κ2) is 11.6. The van der Waals surface area contributed by atoms with Crippen LogP contribution in [0.3, 0.4) is 0 Å². The van der Waals surface area contributed by atoms with E-state index in [9.17, 15) is 29.7 Å². The Hall–Kier alpha value is -2.73. The van der Waals surface area contributed by atoms with Crippen molar-refractivity contribution >= 4 is 23.5 Å². The maximum Gasteiger partial charge on any atom is 0.335 e. The SMILES string of the molecule is CCCCC(=O)NCCC(=O)Nc1ccc(OC2OC(C(=O)O)C(O)C(O)C2O)cc1. The first-order chi connectivity index (χ1) is 14.7. The molecule has 0 spiro atoms. The average molecular weight is 440 g/mol. The number of amides is 2. The number of unbranched alkanes of at least 4 members (excludes halogenated alkanes) is 1. The van der Waals surface area contributed by atoms with Crippen LogP contribution in [0.4, 0.5) is 5.69 Å². The van der Waals surface area contributed by atoms with Crippen molar-refractivity contribution in [3.63, 3.8) is 0 Å². The minimum absolute atomic E-state index is 0.0916. The van der Waals surface area contributed by atoms with Crippen molar-refractivity contribution in [2.75, 3.05) is 11.9 Å². The van der Waals surface area contributed by atoms with Crippen molar-refractivity contribution in [3.05, 3.63) is 24.3 Å². The molecule has 2 rings (SSSR count). The third-order valence-corrected chi connectivity index (χ3v) is 4.63. The van der Waals surface area contributed by atoms with Crippen LogP contribution >= 0.6 is 0 Å². The molecular formula is C20H28N2O9. The molecule has 1 aromatic carbocycles. The van der Waals surface area contributed by atoms with Crippen LogP contribution in [0.15, 0.2) is 24.3 Å². The predicted molar refractivity (Wildman–Crippen MR) is 107 cm³/mol. The van der Waals surface area contributed by atoms with Gasteiger partial charge in [0, 0.05) is 25.1 Å². The third-order valence-electron chi connectivity index (χ3n) is 4.63. The fourth-order valence-electron chi connectivity index (χ4n) is 2.86. The molecule has 11 nitrogen and oxygen atoms in total. The second-order valence-corrected chi connectivity index (χ2v) is 7.13. The maximum atomic E-state index is 12.0. The fourth-order valence-corrected chi connectivity index (χ4v) is 2.86. The molecule has 1 fully saturated rings. The molecule has 1 heterocycles. The summed E-state index contributed by atoms with van der Waals surface area (Å²) in [5.41, 5.74) is 0.457. The number of anilines is 1. The number of hydrogen-bond acceptors (Lipinski definition) is 8. The Morgan fingerprint density at radius 1 is 1.00 bits per heavy atom. The molecular weight excluding hydrogens is 412 g/mol. The molecule has 2 amide bonds. The largest absolute Gasteiger partial charge is 0.479 e. The van der Waals surface area contributed by atoms with Gasteiger partial charge in [0.1, 0.15) is 24.1 Å². The first-order valence-electron chi connectivity index (χ1n) is 9.98. The highest BCUT2D eigenvalue weighted by Gasteiger charge is 2.48. The highest BCUT2D eigenvalue weighted by molar-refractivity contribution is 5.91. The number of nitrogens with one attached hydrogen (secondary N) is 2. The normalized spacial score (nSPS) is 25.5. The number of rotatable bonds is 10.